The molecule has 1 aromatic rings. The Kier molecular flexibility index (Phi) is 2.57. The Morgan fingerprint density at radius 1 is 1.80 bits per heavy atom. The third-order valence-corrected chi connectivity index (χ3v) is 1.88. The fourth-order valence-corrected chi connectivity index (χ4v) is 1.24. The van der Waals surface area contributed by atoms with Crippen LogP contribution in [0.3, 0.4) is 0 Å². The monoisotopic (exact) mass is 155 g/mol. The maximum absolute atomic E-state index is 10.5. The van der Waals surface area contributed by atoms with E-state index in [2.05, 4.69) is 4.37 Å². The molecule has 0 spiro atoms. The van der Waals surface area contributed by atoms with Crippen LogP contribution in [0.1, 0.15) is 18.9 Å². The number of hydrogen-bond acceptors (Lipinski definition) is 3. The lowest BCUT2D eigenvalue weighted by Gasteiger charge is -1.89. The molecular weight excluding hydrogens is 146 g/mol. The van der Waals surface area contributed by atoms with Crippen molar-refractivity contribution in [3.05, 3.63) is 17.1 Å². The highest BCUT2D eigenvalue weighted by Crippen LogP contribution is 2.04. The third-order valence-electron chi connectivity index (χ3n) is 1.25. The first-order valence-electron chi connectivity index (χ1n) is 3.17. The highest BCUT2D eigenvalue weighted by atomic mass is 32.1. The molecule has 0 radical (unpaired) electrons. The zero-order chi connectivity index (χ0) is 7.40. The molecular formula is C7H9NOS. The number of Topliss-reactive ketones (excluding diaryl/α,β-unsaturated/α-hetero) is 1. The fraction of sp³-hybridized carbons (Fsp3) is 0.429. The number of aryl methyl sites for hydroxylation is 1. The molecule has 0 atom stereocenters. The summed E-state index contributed by atoms with van der Waals surface area (Å²) in [6, 6.07) is 0. The average molecular weight is 155 g/mol. The van der Waals surface area contributed by atoms with Crippen molar-refractivity contribution in [3.63, 3.8) is 0 Å². The van der Waals surface area contributed by atoms with E-state index in [4.69, 9.17) is 0 Å². The van der Waals surface area contributed by atoms with E-state index in [1.807, 2.05) is 11.6 Å². The van der Waals surface area contributed by atoms with Gasteiger partial charge in [-0.1, -0.05) is 0 Å². The Bertz CT molecular complexity index is 205. The molecule has 1 heterocycles. The first-order chi connectivity index (χ1) is 4.79. The number of hydrogen-bond donors (Lipinski definition) is 0. The Hall–Kier alpha value is -0.700. The van der Waals surface area contributed by atoms with E-state index in [0.29, 0.717) is 6.42 Å². The van der Waals surface area contributed by atoms with Crippen molar-refractivity contribution in [1.82, 2.24) is 4.37 Å². The summed E-state index contributed by atoms with van der Waals surface area (Å²) in [4.78, 5) is 10.5. The molecule has 0 fully saturated rings. The molecule has 10 heavy (non-hydrogen) atoms. The lowest BCUT2D eigenvalue weighted by molar-refractivity contribution is -0.116. The number of carbonyl (C=O) groups excluding carboxylic acids is 1. The molecule has 54 valence electrons. The van der Waals surface area contributed by atoms with Gasteiger partial charge in [-0.3, -0.25) is 0 Å². The van der Waals surface area contributed by atoms with Gasteiger partial charge in [0.05, 0.1) is 0 Å². The molecule has 0 amide bonds. The molecule has 1 aromatic heterocycles. The van der Waals surface area contributed by atoms with Gasteiger partial charge in [-0.25, -0.2) is 4.37 Å². The topological polar surface area (TPSA) is 30.0 Å². The second-order valence-electron chi connectivity index (χ2n) is 2.23. The predicted octanol–water partition coefficient (Wildman–Crippen LogP) is 1.66. The van der Waals surface area contributed by atoms with Crippen LogP contribution in [0.5, 0.6) is 0 Å². The van der Waals surface area contributed by atoms with Gasteiger partial charge in [0.25, 0.3) is 0 Å². The van der Waals surface area contributed by atoms with Crippen molar-refractivity contribution in [3.8, 4) is 0 Å². The predicted molar refractivity (Wildman–Crippen MR) is 41.1 cm³/mol. The zero-order valence-electron chi connectivity index (χ0n) is 5.83. The van der Waals surface area contributed by atoms with Gasteiger partial charge in [0.15, 0.2) is 0 Å². The number of ketones is 1. The number of rotatable bonds is 3. The fourth-order valence-electron chi connectivity index (χ4n) is 0.671. The molecule has 0 aliphatic carbocycles. The maximum Gasteiger partial charge on any atom is 0.130 e. The molecule has 0 aromatic carbocycles. The van der Waals surface area contributed by atoms with Gasteiger partial charge < -0.3 is 4.79 Å². The summed E-state index contributed by atoms with van der Waals surface area (Å²) in [7, 11) is 0. The average Bonchev–Trinajstić information content (AvgIpc) is 2.34. The minimum Gasteiger partial charge on any atom is -0.300 e. The molecule has 0 N–H and O–H groups in total. The molecule has 1 rings (SSSR count). The van der Waals surface area contributed by atoms with Crippen LogP contribution in [-0.4, -0.2) is 10.2 Å². The van der Waals surface area contributed by atoms with Crippen molar-refractivity contribution < 1.29 is 4.79 Å². The standard InChI is InChI=1S/C7H9NOS/c1-6(9)2-3-7-4-8-10-5-7/h4-5H,2-3H2,1H3. The van der Waals surface area contributed by atoms with Gasteiger partial charge in [-0.05, 0) is 30.4 Å². The Morgan fingerprint density at radius 3 is 3.10 bits per heavy atom. The second kappa shape index (κ2) is 3.46. The lowest BCUT2D eigenvalue weighted by Crippen LogP contribution is -1.91. The zero-order valence-corrected chi connectivity index (χ0v) is 6.65. The Balaban J connectivity index is 2.35. The minimum absolute atomic E-state index is 0.242. The van der Waals surface area contributed by atoms with Gasteiger partial charge in [-0.15, -0.1) is 0 Å². The number of carbonyl (C=O) groups is 1. The summed E-state index contributed by atoms with van der Waals surface area (Å²) < 4.78 is 3.93. The summed E-state index contributed by atoms with van der Waals surface area (Å²) in [6.07, 6.45) is 3.29. The van der Waals surface area contributed by atoms with Crippen molar-refractivity contribution in [2.24, 2.45) is 0 Å². The Labute approximate surface area is 64.1 Å². The van der Waals surface area contributed by atoms with Crippen LogP contribution in [0.4, 0.5) is 0 Å². The molecule has 0 saturated heterocycles. The molecule has 0 aliphatic rings. The van der Waals surface area contributed by atoms with E-state index >= 15 is 0 Å². The van der Waals surface area contributed by atoms with E-state index in [-0.39, 0.29) is 5.78 Å². The van der Waals surface area contributed by atoms with Gasteiger partial charge in [0.2, 0.25) is 0 Å². The van der Waals surface area contributed by atoms with E-state index in [1.165, 1.54) is 17.1 Å². The summed E-state index contributed by atoms with van der Waals surface area (Å²) in [5.74, 6) is 0.242. The minimum atomic E-state index is 0.242. The van der Waals surface area contributed by atoms with Crippen LogP contribution in [0.15, 0.2) is 11.6 Å². The van der Waals surface area contributed by atoms with Crippen molar-refractivity contribution >= 4 is 17.3 Å². The SMILES string of the molecule is CC(=O)CCc1cnsc1. The van der Waals surface area contributed by atoms with Crippen molar-refractivity contribution in [2.45, 2.75) is 19.8 Å². The van der Waals surface area contributed by atoms with Crippen LogP contribution in [0, 0.1) is 0 Å². The molecule has 3 heteroatoms. The van der Waals surface area contributed by atoms with Crippen molar-refractivity contribution in [2.75, 3.05) is 0 Å². The highest BCUT2D eigenvalue weighted by molar-refractivity contribution is 7.03. The molecule has 0 saturated carbocycles. The first kappa shape index (κ1) is 7.41. The van der Waals surface area contributed by atoms with E-state index in [0.717, 1.165) is 6.42 Å². The van der Waals surface area contributed by atoms with Gasteiger partial charge in [0.1, 0.15) is 5.78 Å². The van der Waals surface area contributed by atoms with Crippen LogP contribution in [0.25, 0.3) is 0 Å². The maximum atomic E-state index is 10.5. The smallest absolute Gasteiger partial charge is 0.130 e. The van der Waals surface area contributed by atoms with Crippen LogP contribution in [-0.2, 0) is 11.2 Å². The molecule has 0 bridgehead atoms. The molecule has 0 unspecified atom stereocenters. The van der Waals surface area contributed by atoms with Gasteiger partial charge in [0, 0.05) is 18.0 Å². The van der Waals surface area contributed by atoms with Crippen LogP contribution in [0.2, 0.25) is 0 Å². The van der Waals surface area contributed by atoms with Crippen LogP contribution < -0.4 is 0 Å². The third kappa shape index (κ3) is 2.27. The largest absolute Gasteiger partial charge is 0.300 e. The summed E-state index contributed by atoms with van der Waals surface area (Å²) in [6.45, 7) is 1.61. The molecule has 0 aliphatic heterocycles. The second-order valence-corrected chi connectivity index (χ2v) is 2.89. The van der Waals surface area contributed by atoms with Crippen molar-refractivity contribution in [1.29, 1.82) is 0 Å². The first-order valence-corrected chi connectivity index (χ1v) is 4.00. The Morgan fingerprint density at radius 2 is 2.60 bits per heavy atom. The summed E-state index contributed by atoms with van der Waals surface area (Å²) in [5.41, 5.74) is 1.17. The van der Waals surface area contributed by atoms with E-state index in [1.54, 1.807) is 6.92 Å². The number of aromatic nitrogens is 1. The summed E-state index contributed by atoms with van der Waals surface area (Å²) in [5, 5.41) is 1.98. The normalized spacial score (nSPS) is 9.70. The van der Waals surface area contributed by atoms with Crippen LogP contribution >= 0.6 is 11.5 Å². The lowest BCUT2D eigenvalue weighted by atomic mass is 10.2. The quantitative estimate of drug-likeness (QED) is 0.664. The number of nitrogens with zero attached hydrogens (tertiary/aromatic N) is 1. The van der Waals surface area contributed by atoms with E-state index < -0.39 is 0 Å². The molecule has 2 nitrogen and oxygen atoms in total. The summed E-state index contributed by atoms with van der Waals surface area (Å²) >= 11 is 1.43. The van der Waals surface area contributed by atoms with Gasteiger partial charge >= 0.3 is 0 Å². The van der Waals surface area contributed by atoms with E-state index in [9.17, 15) is 4.79 Å². The highest BCUT2D eigenvalue weighted by Gasteiger charge is 1.96. The van der Waals surface area contributed by atoms with Gasteiger partial charge in [-0.2, -0.15) is 0 Å².